The lowest BCUT2D eigenvalue weighted by atomic mass is 9.99. The van der Waals surface area contributed by atoms with Crippen LogP contribution in [0.5, 0.6) is 0 Å². The second kappa shape index (κ2) is 41.9. The van der Waals surface area contributed by atoms with E-state index in [1.807, 2.05) is 6.08 Å². The van der Waals surface area contributed by atoms with Crippen molar-refractivity contribution in [2.45, 2.75) is 249 Å². The van der Waals surface area contributed by atoms with Crippen LogP contribution in [0.4, 0.5) is 0 Å². The van der Waals surface area contributed by atoms with Crippen LogP contribution in [0.15, 0.2) is 60.8 Å². The van der Waals surface area contributed by atoms with Gasteiger partial charge in [0, 0.05) is 6.42 Å². The number of unbranched alkanes of at least 4 members (excludes halogenated alkanes) is 23. The van der Waals surface area contributed by atoms with Gasteiger partial charge in [0.25, 0.3) is 0 Å². The van der Waals surface area contributed by atoms with Gasteiger partial charge in [-0.15, -0.1) is 0 Å². The molecule has 0 bridgehead atoms. The summed E-state index contributed by atoms with van der Waals surface area (Å²) in [6.45, 7) is 3.64. The topological polar surface area (TPSA) is 149 Å². The number of carbonyl (C=O) groups is 1. The van der Waals surface area contributed by atoms with E-state index in [2.05, 4.69) is 67.8 Å². The molecular formula is C52H93NO8. The predicted octanol–water partition coefficient (Wildman–Crippen LogP) is 11.2. The zero-order valence-corrected chi connectivity index (χ0v) is 38.9. The van der Waals surface area contributed by atoms with Gasteiger partial charge in [0.15, 0.2) is 6.29 Å². The number of aliphatic hydroxyl groups is 5. The van der Waals surface area contributed by atoms with Crippen molar-refractivity contribution in [3.8, 4) is 0 Å². The van der Waals surface area contributed by atoms with Crippen molar-refractivity contribution in [3.63, 3.8) is 0 Å². The van der Waals surface area contributed by atoms with Crippen LogP contribution in [0.2, 0.25) is 0 Å². The quantitative estimate of drug-likeness (QED) is 0.0263. The molecule has 7 atom stereocenters. The highest BCUT2D eigenvalue weighted by Gasteiger charge is 2.44. The van der Waals surface area contributed by atoms with E-state index >= 15 is 0 Å². The molecule has 1 fully saturated rings. The van der Waals surface area contributed by atoms with Crippen molar-refractivity contribution >= 4 is 5.91 Å². The van der Waals surface area contributed by atoms with Crippen LogP contribution >= 0.6 is 0 Å². The molecular weight excluding hydrogens is 767 g/mol. The third-order valence-corrected chi connectivity index (χ3v) is 11.6. The number of nitrogens with one attached hydrogen (secondary N) is 1. The molecule has 7 unspecified atom stereocenters. The van der Waals surface area contributed by atoms with Crippen LogP contribution in [0.1, 0.15) is 206 Å². The summed E-state index contributed by atoms with van der Waals surface area (Å²) in [7, 11) is 0. The first kappa shape index (κ1) is 56.9. The van der Waals surface area contributed by atoms with E-state index in [0.29, 0.717) is 6.42 Å². The van der Waals surface area contributed by atoms with Crippen molar-refractivity contribution in [1.82, 2.24) is 5.32 Å². The Bertz CT molecular complexity index is 1140. The van der Waals surface area contributed by atoms with Crippen molar-refractivity contribution in [1.29, 1.82) is 0 Å². The van der Waals surface area contributed by atoms with Gasteiger partial charge in [-0.3, -0.25) is 4.79 Å². The average Bonchev–Trinajstić information content (AvgIpc) is 3.26. The van der Waals surface area contributed by atoms with Gasteiger partial charge in [-0.25, -0.2) is 0 Å². The van der Waals surface area contributed by atoms with Crippen molar-refractivity contribution in [3.05, 3.63) is 60.8 Å². The molecule has 6 N–H and O–H groups in total. The van der Waals surface area contributed by atoms with E-state index in [1.54, 1.807) is 6.08 Å². The number of amides is 1. The summed E-state index contributed by atoms with van der Waals surface area (Å²) in [5, 5.41) is 54.2. The molecule has 1 aliphatic rings. The van der Waals surface area contributed by atoms with Gasteiger partial charge in [0.2, 0.25) is 5.91 Å². The second-order valence-electron chi connectivity index (χ2n) is 17.2. The molecule has 0 spiro atoms. The summed E-state index contributed by atoms with van der Waals surface area (Å²) in [6.07, 6.45) is 48.5. The third-order valence-electron chi connectivity index (χ3n) is 11.6. The molecule has 1 heterocycles. The highest BCUT2D eigenvalue weighted by molar-refractivity contribution is 5.76. The first-order valence-corrected chi connectivity index (χ1v) is 25.0. The lowest BCUT2D eigenvalue weighted by Gasteiger charge is -2.40. The molecule has 1 amide bonds. The Morgan fingerprint density at radius 2 is 1.02 bits per heavy atom. The van der Waals surface area contributed by atoms with E-state index in [-0.39, 0.29) is 12.5 Å². The molecule has 61 heavy (non-hydrogen) atoms. The van der Waals surface area contributed by atoms with Crippen LogP contribution in [-0.4, -0.2) is 87.5 Å². The molecule has 0 aromatic heterocycles. The van der Waals surface area contributed by atoms with Crippen LogP contribution in [0.25, 0.3) is 0 Å². The number of carbonyl (C=O) groups excluding carboxylic acids is 1. The molecule has 1 saturated heterocycles. The van der Waals surface area contributed by atoms with E-state index in [0.717, 1.165) is 64.2 Å². The van der Waals surface area contributed by atoms with Crippen LogP contribution < -0.4 is 5.32 Å². The summed E-state index contributed by atoms with van der Waals surface area (Å²) in [6, 6.07) is -0.805. The maximum absolute atomic E-state index is 13.0. The maximum atomic E-state index is 13.0. The summed E-state index contributed by atoms with van der Waals surface area (Å²) in [5.74, 6) is -0.181. The van der Waals surface area contributed by atoms with Gasteiger partial charge in [0.1, 0.15) is 24.4 Å². The van der Waals surface area contributed by atoms with Crippen LogP contribution in [-0.2, 0) is 14.3 Å². The fourth-order valence-corrected chi connectivity index (χ4v) is 7.62. The zero-order valence-electron chi connectivity index (χ0n) is 38.9. The Hall–Kier alpha value is -2.11. The maximum Gasteiger partial charge on any atom is 0.220 e. The normalized spacial score (nSPS) is 20.9. The van der Waals surface area contributed by atoms with Crippen molar-refractivity contribution in [2.75, 3.05) is 13.2 Å². The van der Waals surface area contributed by atoms with Crippen molar-refractivity contribution < 1.29 is 39.8 Å². The van der Waals surface area contributed by atoms with E-state index < -0.39 is 49.5 Å². The molecule has 0 saturated carbocycles. The molecule has 354 valence electrons. The first-order chi connectivity index (χ1) is 29.8. The third kappa shape index (κ3) is 32.2. The summed E-state index contributed by atoms with van der Waals surface area (Å²) < 4.78 is 11.2. The molecule has 1 rings (SSSR count). The highest BCUT2D eigenvalue weighted by Crippen LogP contribution is 2.23. The minimum Gasteiger partial charge on any atom is -0.394 e. The number of rotatable bonds is 41. The fraction of sp³-hybridized carbons (Fsp3) is 0.788. The Morgan fingerprint density at radius 3 is 1.51 bits per heavy atom. The minimum absolute atomic E-state index is 0.181. The van der Waals surface area contributed by atoms with E-state index in [1.165, 1.54) is 122 Å². The summed E-state index contributed by atoms with van der Waals surface area (Å²) in [4.78, 5) is 13.0. The molecule has 0 radical (unpaired) electrons. The van der Waals surface area contributed by atoms with Gasteiger partial charge < -0.3 is 40.3 Å². The Balaban J connectivity index is 2.20. The molecule has 0 aromatic rings. The number of hydrogen-bond donors (Lipinski definition) is 6. The van der Waals surface area contributed by atoms with E-state index in [9.17, 15) is 30.3 Å². The molecule has 0 aliphatic carbocycles. The molecule has 9 nitrogen and oxygen atoms in total. The molecule has 9 heteroatoms. The second-order valence-corrected chi connectivity index (χ2v) is 17.2. The molecule has 0 aromatic carbocycles. The summed E-state index contributed by atoms with van der Waals surface area (Å²) >= 11 is 0. The van der Waals surface area contributed by atoms with E-state index in [4.69, 9.17) is 9.47 Å². The Kier molecular flexibility index (Phi) is 39.1. The zero-order chi connectivity index (χ0) is 44.4. The monoisotopic (exact) mass is 860 g/mol. The van der Waals surface area contributed by atoms with Gasteiger partial charge in [-0.05, 0) is 57.8 Å². The smallest absolute Gasteiger partial charge is 0.220 e. The SMILES string of the molecule is CC/C=C\C/C=C\C/C=C\C/C=C\CCCCCCCCCCCCCCCCC(=O)NC(COC1OC(CO)C(O)C(O)C1O)C(O)/C=C/CCCCCCCCCCC. The average molecular weight is 860 g/mol. The lowest BCUT2D eigenvalue weighted by Crippen LogP contribution is -2.60. The fourth-order valence-electron chi connectivity index (χ4n) is 7.62. The standard InChI is InChI=1S/C52H93NO8/c1-3-5-7-9-11-13-15-16-17-18-19-20-21-22-23-24-25-26-27-28-29-30-32-34-36-38-40-42-48(56)53-45(44-60-52-51(59)50(58)49(57)47(43-54)61-52)46(55)41-39-37-35-33-31-14-12-10-8-6-4-2/h5,7,11,13,16-17,19-20,39,41,45-47,49-52,54-55,57-59H,3-4,6,8-10,12,14-15,18,21-38,40,42-44H2,1-2H3,(H,53,56)/b7-5-,13-11-,17-16-,20-19-,41-39+. The number of ether oxygens (including phenoxy) is 2. The van der Waals surface area contributed by atoms with Crippen molar-refractivity contribution in [2.24, 2.45) is 0 Å². The predicted molar refractivity (Wildman–Crippen MR) is 253 cm³/mol. The Morgan fingerprint density at radius 1 is 0.574 bits per heavy atom. The number of allylic oxidation sites excluding steroid dienone is 9. The minimum atomic E-state index is -1.57. The first-order valence-electron chi connectivity index (χ1n) is 25.0. The lowest BCUT2D eigenvalue weighted by molar-refractivity contribution is -0.302. The van der Waals surface area contributed by atoms with Crippen LogP contribution in [0.3, 0.4) is 0 Å². The number of aliphatic hydroxyl groups excluding tert-OH is 5. The largest absolute Gasteiger partial charge is 0.394 e. The Labute approximate surface area is 373 Å². The van der Waals surface area contributed by atoms with Gasteiger partial charge in [-0.2, -0.15) is 0 Å². The molecule has 1 aliphatic heterocycles. The summed E-state index contributed by atoms with van der Waals surface area (Å²) in [5.41, 5.74) is 0. The van der Waals surface area contributed by atoms with Gasteiger partial charge in [0.05, 0.1) is 25.4 Å². The van der Waals surface area contributed by atoms with Crippen LogP contribution in [0, 0.1) is 0 Å². The van der Waals surface area contributed by atoms with Gasteiger partial charge in [-0.1, -0.05) is 203 Å². The highest BCUT2D eigenvalue weighted by atomic mass is 16.7. The number of hydrogen-bond acceptors (Lipinski definition) is 8. The van der Waals surface area contributed by atoms with Gasteiger partial charge >= 0.3 is 0 Å².